The van der Waals surface area contributed by atoms with Gasteiger partial charge >= 0.3 is 5.97 Å². The SMILES string of the molecule is COC(=O)c1cc(N)cc(Cl)c1Nc1ccc(Br)c(Cl)c1. The summed E-state index contributed by atoms with van der Waals surface area (Å²) in [6, 6.07) is 8.34. The Labute approximate surface area is 140 Å². The molecule has 0 amide bonds. The summed E-state index contributed by atoms with van der Waals surface area (Å²) >= 11 is 15.5. The Bertz CT molecular complexity index is 708. The van der Waals surface area contributed by atoms with Gasteiger partial charge in [-0.15, -0.1) is 0 Å². The van der Waals surface area contributed by atoms with Crippen LogP contribution in [0.4, 0.5) is 17.1 Å². The number of ether oxygens (including phenoxy) is 1. The van der Waals surface area contributed by atoms with Gasteiger partial charge in [-0.1, -0.05) is 23.2 Å². The first-order valence-corrected chi connectivity index (χ1v) is 7.36. The van der Waals surface area contributed by atoms with E-state index in [0.29, 0.717) is 27.1 Å². The number of carbonyl (C=O) groups is 1. The number of esters is 1. The average Bonchev–Trinajstić information content (AvgIpc) is 2.44. The number of rotatable bonds is 3. The van der Waals surface area contributed by atoms with E-state index in [9.17, 15) is 4.79 Å². The van der Waals surface area contributed by atoms with Crippen LogP contribution in [0.1, 0.15) is 10.4 Å². The smallest absolute Gasteiger partial charge is 0.340 e. The highest BCUT2D eigenvalue weighted by Gasteiger charge is 2.16. The van der Waals surface area contributed by atoms with E-state index in [1.54, 1.807) is 24.3 Å². The van der Waals surface area contributed by atoms with E-state index >= 15 is 0 Å². The predicted molar refractivity (Wildman–Crippen MR) is 89.6 cm³/mol. The van der Waals surface area contributed by atoms with Crippen molar-refractivity contribution in [3.05, 3.63) is 50.4 Å². The molecule has 0 bridgehead atoms. The van der Waals surface area contributed by atoms with E-state index in [0.717, 1.165) is 4.47 Å². The van der Waals surface area contributed by atoms with Gasteiger partial charge in [-0.25, -0.2) is 4.79 Å². The maximum absolute atomic E-state index is 11.8. The minimum absolute atomic E-state index is 0.251. The first-order valence-electron chi connectivity index (χ1n) is 5.81. The highest BCUT2D eigenvalue weighted by Crippen LogP contribution is 2.34. The van der Waals surface area contributed by atoms with Gasteiger partial charge in [0.05, 0.1) is 28.4 Å². The van der Waals surface area contributed by atoms with Gasteiger partial charge in [0.15, 0.2) is 0 Å². The van der Waals surface area contributed by atoms with Crippen molar-refractivity contribution in [1.29, 1.82) is 0 Å². The number of halogens is 3. The lowest BCUT2D eigenvalue weighted by Crippen LogP contribution is -2.07. The zero-order valence-electron chi connectivity index (χ0n) is 10.9. The molecule has 0 spiro atoms. The second-order valence-corrected chi connectivity index (χ2v) is 5.84. The molecule has 2 aromatic rings. The summed E-state index contributed by atoms with van der Waals surface area (Å²) in [5.41, 5.74) is 7.43. The van der Waals surface area contributed by atoms with E-state index in [2.05, 4.69) is 21.2 Å². The maximum atomic E-state index is 11.8. The number of hydrogen-bond acceptors (Lipinski definition) is 4. The number of nitrogen functional groups attached to an aromatic ring is 1. The lowest BCUT2D eigenvalue weighted by molar-refractivity contribution is 0.0602. The zero-order chi connectivity index (χ0) is 15.6. The first kappa shape index (κ1) is 15.9. The van der Waals surface area contributed by atoms with Crippen molar-refractivity contribution in [3.8, 4) is 0 Å². The van der Waals surface area contributed by atoms with Crippen molar-refractivity contribution >= 4 is 62.2 Å². The van der Waals surface area contributed by atoms with E-state index in [4.69, 9.17) is 33.7 Å². The molecule has 2 rings (SSSR count). The summed E-state index contributed by atoms with van der Waals surface area (Å²) in [6.07, 6.45) is 0. The lowest BCUT2D eigenvalue weighted by atomic mass is 10.1. The van der Waals surface area contributed by atoms with Crippen molar-refractivity contribution in [2.45, 2.75) is 0 Å². The fraction of sp³-hybridized carbons (Fsp3) is 0.0714. The number of nitrogens with one attached hydrogen (secondary N) is 1. The Hall–Kier alpha value is -1.43. The molecule has 3 N–H and O–H groups in total. The molecule has 21 heavy (non-hydrogen) atoms. The predicted octanol–water partition coefficient (Wildman–Crippen LogP) is 4.87. The normalized spacial score (nSPS) is 10.3. The number of hydrogen-bond donors (Lipinski definition) is 2. The van der Waals surface area contributed by atoms with Crippen LogP contribution >= 0.6 is 39.1 Å². The van der Waals surface area contributed by atoms with Crippen LogP contribution in [0.2, 0.25) is 10.0 Å². The first-order chi connectivity index (χ1) is 9.92. The van der Waals surface area contributed by atoms with E-state index in [-0.39, 0.29) is 5.56 Å². The standard InChI is InChI=1S/C14H11BrCl2N2O2/c1-21-14(20)9-4-7(18)5-12(17)13(9)19-8-2-3-10(15)11(16)6-8/h2-6,19H,18H2,1H3. The molecule has 110 valence electrons. The van der Waals surface area contributed by atoms with Gasteiger partial charge in [0, 0.05) is 15.8 Å². The fourth-order valence-electron chi connectivity index (χ4n) is 1.74. The largest absolute Gasteiger partial charge is 0.465 e. The van der Waals surface area contributed by atoms with Crippen molar-refractivity contribution in [3.63, 3.8) is 0 Å². The number of methoxy groups -OCH3 is 1. The third-order valence-electron chi connectivity index (χ3n) is 2.71. The topological polar surface area (TPSA) is 64.3 Å². The van der Waals surface area contributed by atoms with Crippen LogP contribution in [0.25, 0.3) is 0 Å². The van der Waals surface area contributed by atoms with E-state index in [1.165, 1.54) is 13.2 Å². The molecule has 0 fully saturated rings. The van der Waals surface area contributed by atoms with E-state index < -0.39 is 5.97 Å². The quantitative estimate of drug-likeness (QED) is 0.580. The Morgan fingerprint density at radius 3 is 2.57 bits per heavy atom. The minimum Gasteiger partial charge on any atom is -0.465 e. The van der Waals surface area contributed by atoms with Crippen LogP contribution in [-0.4, -0.2) is 13.1 Å². The number of benzene rings is 2. The summed E-state index contributed by atoms with van der Waals surface area (Å²) in [4.78, 5) is 11.8. The molecule has 0 aromatic heterocycles. The van der Waals surface area contributed by atoms with Crippen molar-refractivity contribution < 1.29 is 9.53 Å². The number of carbonyl (C=O) groups excluding carboxylic acids is 1. The van der Waals surface area contributed by atoms with Gasteiger partial charge in [0.25, 0.3) is 0 Å². The number of anilines is 3. The van der Waals surface area contributed by atoms with E-state index in [1.807, 2.05) is 0 Å². The Morgan fingerprint density at radius 1 is 1.24 bits per heavy atom. The highest BCUT2D eigenvalue weighted by atomic mass is 79.9. The molecule has 0 unspecified atom stereocenters. The van der Waals surface area contributed by atoms with Gasteiger partial charge in [-0.3, -0.25) is 0 Å². The van der Waals surface area contributed by atoms with Crippen molar-refractivity contribution in [2.24, 2.45) is 0 Å². The molecular weight excluding hydrogens is 379 g/mol. The van der Waals surface area contributed by atoms with Gasteiger partial charge in [0.1, 0.15) is 0 Å². The second-order valence-electron chi connectivity index (χ2n) is 4.17. The molecular formula is C14H11BrCl2N2O2. The Kier molecular flexibility index (Phi) is 4.98. The summed E-state index contributed by atoms with van der Waals surface area (Å²) in [5, 5.41) is 3.91. The highest BCUT2D eigenvalue weighted by molar-refractivity contribution is 9.10. The van der Waals surface area contributed by atoms with Gasteiger partial charge in [0.2, 0.25) is 0 Å². The molecule has 4 nitrogen and oxygen atoms in total. The summed E-state index contributed by atoms with van der Waals surface area (Å²) in [7, 11) is 1.29. The lowest BCUT2D eigenvalue weighted by Gasteiger charge is -2.14. The molecule has 0 aliphatic rings. The summed E-state index contributed by atoms with van der Waals surface area (Å²) < 4.78 is 5.51. The Balaban J connectivity index is 2.47. The third-order valence-corrected chi connectivity index (χ3v) is 4.24. The average molecular weight is 390 g/mol. The minimum atomic E-state index is -0.532. The molecule has 0 heterocycles. The van der Waals surface area contributed by atoms with Gasteiger partial charge < -0.3 is 15.8 Å². The van der Waals surface area contributed by atoms with Crippen LogP contribution < -0.4 is 11.1 Å². The van der Waals surface area contributed by atoms with Crippen LogP contribution in [0, 0.1) is 0 Å². The van der Waals surface area contributed by atoms with Gasteiger partial charge in [-0.05, 0) is 46.3 Å². The van der Waals surface area contributed by atoms with Crippen molar-refractivity contribution in [2.75, 3.05) is 18.2 Å². The summed E-state index contributed by atoms with van der Waals surface area (Å²) in [5.74, 6) is -0.532. The zero-order valence-corrected chi connectivity index (χ0v) is 14.0. The number of nitrogens with two attached hydrogens (primary N) is 1. The Morgan fingerprint density at radius 2 is 1.95 bits per heavy atom. The molecule has 2 aromatic carbocycles. The molecule has 0 radical (unpaired) electrons. The molecule has 0 atom stereocenters. The summed E-state index contributed by atoms with van der Waals surface area (Å²) in [6.45, 7) is 0. The maximum Gasteiger partial charge on any atom is 0.340 e. The van der Waals surface area contributed by atoms with Crippen LogP contribution in [0.5, 0.6) is 0 Å². The third kappa shape index (κ3) is 3.61. The molecule has 0 aliphatic carbocycles. The molecule has 0 saturated carbocycles. The monoisotopic (exact) mass is 388 g/mol. The van der Waals surface area contributed by atoms with Crippen LogP contribution in [-0.2, 0) is 4.74 Å². The van der Waals surface area contributed by atoms with Crippen LogP contribution in [0.3, 0.4) is 0 Å². The molecule has 0 saturated heterocycles. The van der Waals surface area contributed by atoms with Gasteiger partial charge in [-0.2, -0.15) is 0 Å². The second kappa shape index (κ2) is 6.56. The van der Waals surface area contributed by atoms with Crippen molar-refractivity contribution in [1.82, 2.24) is 0 Å². The molecule has 0 aliphatic heterocycles. The molecule has 7 heteroatoms. The van der Waals surface area contributed by atoms with Crippen LogP contribution in [0.15, 0.2) is 34.8 Å². The fourth-order valence-corrected chi connectivity index (χ4v) is 2.45.